The fourth-order valence-electron chi connectivity index (χ4n) is 4.14. The van der Waals surface area contributed by atoms with Crippen LogP contribution in [0, 0.1) is 17.2 Å². The molecule has 1 fully saturated rings. The van der Waals surface area contributed by atoms with Crippen LogP contribution in [-0.2, 0) is 14.8 Å². The number of pyridine rings is 1. The van der Waals surface area contributed by atoms with Gasteiger partial charge in [-0.3, -0.25) is 4.79 Å². The predicted octanol–water partition coefficient (Wildman–Crippen LogP) is 3.46. The van der Waals surface area contributed by atoms with Crippen LogP contribution in [-0.4, -0.2) is 43.5 Å². The lowest BCUT2D eigenvalue weighted by molar-refractivity contribution is -0.123. The molecule has 3 aromatic rings. The molecule has 1 aliphatic heterocycles. The number of aromatic carboxylic acids is 1. The van der Waals surface area contributed by atoms with Gasteiger partial charge < -0.3 is 10.0 Å². The lowest BCUT2D eigenvalue weighted by atomic mass is 9.96. The minimum absolute atomic E-state index is 0.0482. The van der Waals surface area contributed by atoms with Crippen molar-refractivity contribution >= 4 is 38.5 Å². The first-order valence-corrected chi connectivity index (χ1v) is 12.4. The summed E-state index contributed by atoms with van der Waals surface area (Å²) < 4.78 is 54.4. The number of fused-ring (bicyclic) bond motifs is 1. The molecule has 0 saturated carbocycles. The number of rotatable bonds is 6. The van der Waals surface area contributed by atoms with Crippen LogP contribution in [0.5, 0.6) is 0 Å². The zero-order valence-corrected chi connectivity index (χ0v) is 19.5. The maximum Gasteiger partial charge on any atom is 0.337 e. The zero-order chi connectivity index (χ0) is 26.0. The molecule has 9 nitrogen and oxygen atoms in total. The Bertz CT molecular complexity index is 1500. The molecule has 0 unspecified atom stereocenters. The molecule has 1 saturated heterocycles. The van der Waals surface area contributed by atoms with Crippen LogP contribution in [0.15, 0.2) is 53.4 Å². The number of amides is 1. The van der Waals surface area contributed by atoms with E-state index in [0.29, 0.717) is 5.39 Å². The summed E-state index contributed by atoms with van der Waals surface area (Å²) in [5.74, 6) is -3.08. The number of carbonyl (C=O) groups is 2. The van der Waals surface area contributed by atoms with Crippen molar-refractivity contribution in [3.63, 3.8) is 0 Å². The number of carboxylic acids is 1. The van der Waals surface area contributed by atoms with E-state index >= 15 is 0 Å². The maximum atomic E-state index is 13.4. The standard InChI is InChI=1S/C24H20F2N4O5S/c25-21(26)20-19(24(32)33)12-17(13-27)22(28-20)30-9-7-15(8-10-30)23(31)29-36(34,35)18-6-5-14-3-1-2-4-16(14)11-18/h1-6,11-12,15,21H,7-10H2,(H,29,31)(H,32,33). The van der Waals surface area contributed by atoms with Gasteiger partial charge in [-0.15, -0.1) is 0 Å². The first kappa shape index (κ1) is 25.0. The van der Waals surface area contributed by atoms with Gasteiger partial charge in [0.2, 0.25) is 5.91 Å². The average Bonchev–Trinajstić information content (AvgIpc) is 2.87. The highest BCUT2D eigenvalue weighted by Gasteiger charge is 2.31. The second-order valence-corrected chi connectivity index (χ2v) is 9.93. The summed E-state index contributed by atoms with van der Waals surface area (Å²) in [6.07, 6.45) is -2.81. The van der Waals surface area contributed by atoms with Crippen molar-refractivity contribution in [2.24, 2.45) is 5.92 Å². The van der Waals surface area contributed by atoms with E-state index < -0.39 is 45.5 Å². The number of nitrogens with zero attached hydrogens (tertiary/aromatic N) is 3. The first-order chi connectivity index (χ1) is 17.1. The highest BCUT2D eigenvalue weighted by molar-refractivity contribution is 7.90. The van der Waals surface area contributed by atoms with Crippen molar-refractivity contribution in [2.75, 3.05) is 18.0 Å². The number of nitrogens with one attached hydrogen (secondary N) is 1. The molecule has 1 aromatic heterocycles. The van der Waals surface area contributed by atoms with Gasteiger partial charge in [0.05, 0.1) is 16.0 Å². The third-order valence-electron chi connectivity index (χ3n) is 6.02. The second-order valence-electron chi connectivity index (χ2n) is 8.25. The number of sulfonamides is 1. The van der Waals surface area contributed by atoms with Gasteiger partial charge in [-0.2, -0.15) is 5.26 Å². The third kappa shape index (κ3) is 4.96. The van der Waals surface area contributed by atoms with E-state index in [0.717, 1.165) is 11.5 Å². The normalized spacial score (nSPS) is 14.6. The van der Waals surface area contributed by atoms with Crippen molar-refractivity contribution in [1.82, 2.24) is 9.71 Å². The molecular formula is C24H20F2N4O5S. The molecule has 0 bridgehead atoms. The van der Waals surface area contributed by atoms with Crippen molar-refractivity contribution in [3.05, 3.63) is 65.4 Å². The number of nitriles is 1. The molecule has 0 atom stereocenters. The molecule has 1 amide bonds. The Hall–Kier alpha value is -4.11. The number of carbonyl (C=O) groups excluding carboxylic acids is 1. The Morgan fingerprint density at radius 2 is 1.78 bits per heavy atom. The smallest absolute Gasteiger partial charge is 0.337 e. The molecular weight excluding hydrogens is 494 g/mol. The van der Waals surface area contributed by atoms with E-state index in [2.05, 4.69) is 9.71 Å². The van der Waals surface area contributed by atoms with Gasteiger partial charge in [0.15, 0.2) is 0 Å². The van der Waals surface area contributed by atoms with Crippen molar-refractivity contribution in [2.45, 2.75) is 24.2 Å². The number of hydrogen-bond donors (Lipinski definition) is 2. The van der Waals surface area contributed by atoms with Gasteiger partial charge >= 0.3 is 5.97 Å². The first-order valence-electron chi connectivity index (χ1n) is 10.9. The van der Waals surface area contributed by atoms with Gasteiger partial charge in [0.1, 0.15) is 17.6 Å². The zero-order valence-electron chi connectivity index (χ0n) is 18.7. The van der Waals surface area contributed by atoms with E-state index in [1.165, 1.54) is 17.0 Å². The summed E-state index contributed by atoms with van der Waals surface area (Å²) in [4.78, 5) is 29.3. The van der Waals surface area contributed by atoms with E-state index in [1.54, 1.807) is 24.3 Å². The molecule has 36 heavy (non-hydrogen) atoms. The molecule has 4 rings (SSSR count). The van der Waals surface area contributed by atoms with Gasteiger partial charge in [-0.05, 0) is 41.8 Å². The fourth-order valence-corrected chi connectivity index (χ4v) is 5.22. The Morgan fingerprint density at radius 3 is 2.39 bits per heavy atom. The molecule has 2 aromatic carbocycles. The van der Waals surface area contributed by atoms with Gasteiger partial charge in [-0.1, -0.05) is 30.3 Å². The number of carboxylic acid groups (broad SMARTS) is 1. The summed E-state index contributed by atoms with van der Waals surface area (Å²) in [5, 5.41) is 20.1. The quantitative estimate of drug-likeness (QED) is 0.510. The number of alkyl halides is 2. The molecule has 12 heteroatoms. The van der Waals surface area contributed by atoms with E-state index in [9.17, 15) is 32.0 Å². The second kappa shape index (κ2) is 9.87. The van der Waals surface area contributed by atoms with Crippen LogP contribution < -0.4 is 9.62 Å². The molecule has 0 aliphatic carbocycles. The minimum Gasteiger partial charge on any atom is -0.478 e. The number of benzene rings is 2. The van der Waals surface area contributed by atoms with Crippen LogP contribution in [0.2, 0.25) is 0 Å². The SMILES string of the molecule is N#Cc1cc(C(=O)O)c(C(F)F)nc1N1CCC(C(=O)NS(=O)(=O)c2ccc3ccccc3c2)CC1. The number of piperidine rings is 1. The lowest BCUT2D eigenvalue weighted by Gasteiger charge is -2.32. The molecule has 1 aliphatic rings. The minimum atomic E-state index is -4.11. The van der Waals surface area contributed by atoms with Crippen LogP contribution in [0.25, 0.3) is 10.8 Å². The largest absolute Gasteiger partial charge is 0.478 e. The van der Waals surface area contributed by atoms with Crippen LogP contribution in [0.4, 0.5) is 14.6 Å². The summed E-state index contributed by atoms with van der Waals surface area (Å²) in [7, 11) is -4.11. The van der Waals surface area contributed by atoms with Crippen molar-refractivity contribution < 1.29 is 31.9 Å². The highest BCUT2D eigenvalue weighted by atomic mass is 32.2. The lowest BCUT2D eigenvalue weighted by Crippen LogP contribution is -2.42. The van der Waals surface area contributed by atoms with Crippen LogP contribution in [0.3, 0.4) is 0 Å². The topological polar surface area (TPSA) is 140 Å². The van der Waals surface area contributed by atoms with Gasteiger partial charge in [0, 0.05) is 19.0 Å². The van der Waals surface area contributed by atoms with E-state index in [-0.39, 0.29) is 42.2 Å². The maximum absolute atomic E-state index is 13.4. The molecule has 186 valence electrons. The summed E-state index contributed by atoms with van der Waals surface area (Å²) >= 11 is 0. The average molecular weight is 515 g/mol. The summed E-state index contributed by atoms with van der Waals surface area (Å²) in [6, 6.07) is 14.4. The summed E-state index contributed by atoms with van der Waals surface area (Å²) in [5.41, 5.74) is -1.88. The number of anilines is 1. The number of aromatic nitrogens is 1. The predicted molar refractivity (Wildman–Crippen MR) is 125 cm³/mol. The molecule has 2 heterocycles. The van der Waals surface area contributed by atoms with Crippen LogP contribution in [0.1, 0.15) is 40.9 Å². The van der Waals surface area contributed by atoms with E-state index in [1.807, 2.05) is 12.1 Å². The Labute approximate surface area is 205 Å². The monoisotopic (exact) mass is 514 g/mol. The Kier molecular flexibility index (Phi) is 6.85. The number of hydrogen-bond acceptors (Lipinski definition) is 7. The van der Waals surface area contributed by atoms with Crippen LogP contribution >= 0.6 is 0 Å². The third-order valence-corrected chi connectivity index (χ3v) is 7.37. The van der Waals surface area contributed by atoms with Gasteiger partial charge in [0.25, 0.3) is 16.4 Å². The van der Waals surface area contributed by atoms with E-state index in [4.69, 9.17) is 5.11 Å². The van der Waals surface area contributed by atoms with Crippen molar-refractivity contribution in [3.8, 4) is 6.07 Å². The highest BCUT2D eigenvalue weighted by Crippen LogP contribution is 2.30. The number of halogens is 2. The summed E-state index contributed by atoms with van der Waals surface area (Å²) in [6.45, 7) is 0.260. The van der Waals surface area contributed by atoms with Gasteiger partial charge in [-0.25, -0.2) is 31.7 Å². The molecule has 2 N–H and O–H groups in total. The molecule has 0 spiro atoms. The van der Waals surface area contributed by atoms with Crippen molar-refractivity contribution in [1.29, 1.82) is 5.26 Å². The Morgan fingerprint density at radius 1 is 1.11 bits per heavy atom. The fraction of sp³-hybridized carbons (Fsp3) is 0.250. The molecule has 0 radical (unpaired) electrons. The Balaban J connectivity index is 1.48.